The molecule has 2 aromatic carbocycles. The summed E-state index contributed by atoms with van der Waals surface area (Å²) in [6.45, 7) is 1.12. The number of anilines is 1. The molecule has 1 aliphatic rings. The van der Waals surface area contributed by atoms with Gasteiger partial charge in [-0.05, 0) is 59.7 Å². The maximum absolute atomic E-state index is 13.4. The second-order valence-corrected chi connectivity index (χ2v) is 8.09. The molecule has 1 unspecified atom stereocenters. The Labute approximate surface area is 173 Å². The van der Waals surface area contributed by atoms with Gasteiger partial charge in [-0.3, -0.25) is 9.59 Å². The second kappa shape index (κ2) is 8.57. The fourth-order valence-corrected chi connectivity index (χ4v) is 4.28. The number of halogens is 1. The highest BCUT2D eigenvalue weighted by molar-refractivity contribution is 7.12. The third-order valence-electron chi connectivity index (χ3n) is 5.12. The van der Waals surface area contributed by atoms with Crippen molar-refractivity contribution in [1.29, 1.82) is 0 Å². The summed E-state index contributed by atoms with van der Waals surface area (Å²) in [5.41, 5.74) is 2.36. The minimum absolute atomic E-state index is 0.00283. The van der Waals surface area contributed by atoms with Crippen molar-refractivity contribution in [3.05, 3.63) is 76.7 Å². The lowest BCUT2D eigenvalue weighted by molar-refractivity contribution is -0.121. The smallest absolute Gasteiger partial charge is 0.263 e. The predicted molar refractivity (Wildman–Crippen MR) is 113 cm³/mol. The maximum Gasteiger partial charge on any atom is 0.263 e. The van der Waals surface area contributed by atoms with Gasteiger partial charge in [0.2, 0.25) is 5.91 Å². The van der Waals surface area contributed by atoms with E-state index in [1.807, 2.05) is 47.8 Å². The molecule has 0 bridgehead atoms. The number of hydrogen-bond donors (Lipinski definition) is 1. The van der Waals surface area contributed by atoms with Crippen molar-refractivity contribution in [2.24, 2.45) is 5.92 Å². The van der Waals surface area contributed by atoms with E-state index < -0.39 is 0 Å². The van der Waals surface area contributed by atoms with Crippen molar-refractivity contribution in [1.82, 2.24) is 4.90 Å². The normalized spacial score (nSPS) is 16.4. The predicted octanol–water partition coefficient (Wildman–Crippen LogP) is 5.05. The van der Waals surface area contributed by atoms with Gasteiger partial charge in [0.05, 0.1) is 10.8 Å². The SMILES string of the molecule is O=C(Nc1ccc(-c2cccc(F)c2)cc1)C1CCCN(C(=O)c2cccs2)C1. The zero-order valence-electron chi connectivity index (χ0n) is 15.8. The van der Waals surface area contributed by atoms with Crippen LogP contribution in [-0.4, -0.2) is 29.8 Å². The molecule has 1 saturated heterocycles. The van der Waals surface area contributed by atoms with Crippen LogP contribution in [0.4, 0.5) is 10.1 Å². The van der Waals surface area contributed by atoms with Gasteiger partial charge in [0.15, 0.2) is 0 Å². The van der Waals surface area contributed by atoms with Gasteiger partial charge in [-0.2, -0.15) is 0 Å². The Morgan fingerprint density at radius 1 is 1.03 bits per heavy atom. The number of carbonyl (C=O) groups excluding carboxylic acids is 2. The van der Waals surface area contributed by atoms with Crippen LogP contribution in [-0.2, 0) is 4.79 Å². The lowest BCUT2D eigenvalue weighted by Gasteiger charge is -2.31. The second-order valence-electron chi connectivity index (χ2n) is 7.14. The monoisotopic (exact) mass is 408 g/mol. The summed E-state index contributed by atoms with van der Waals surface area (Å²) < 4.78 is 13.4. The Bertz CT molecular complexity index is 1000. The third kappa shape index (κ3) is 4.54. The molecule has 4 rings (SSSR count). The number of rotatable bonds is 4. The Kier molecular flexibility index (Phi) is 5.71. The van der Waals surface area contributed by atoms with Crippen LogP contribution in [0.5, 0.6) is 0 Å². The van der Waals surface area contributed by atoms with Crippen LogP contribution in [0.1, 0.15) is 22.5 Å². The van der Waals surface area contributed by atoms with Crippen LogP contribution in [0, 0.1) is 11.7 Å². The summed E-state index contributed by atoms with van der Waals surface area (Å²) in [5, 5.41) is 4.83. The molecule has 1 aliphatic heterocycles. The molecule has 3 aromatic rings. The van der Waals surface area contributed by atoms with Crippen molar-refractivity contribution in [2.75, 3.05) is 18.4 Å². The Hall–Kier alpha value is -2.99. The van der Waals surface area contributed by atoms with Crippen LogP contribution in [0.25, 0.3) is 11.1 Å². The van der Waals surface area contributed by atoms with Gasteiger partial charge in [-0.25, -0.2) is 4.39 Å². The fraction of sp³-hybridized carbons (Fsp3) is 0.217. The summed E-state index contributed by atoms with van der Waals surface area (Å²) in [6.07, 6.45) is 1.58. The average Bonchev–Trinajstić information content (AvgIpc) is 3.29. The number of amides is 2. The van der Waals surface area contributed by atoms with Crippen molar-refractivity contribution >= 4 is 28.8 Å². The van der Waals surface area contributed by atoms with Gasteiger partial charge in [0.25, 0.3) is 5.91 Å². The Morgan fingerprint density at radius 2 is 1.86 bits per heavy atom. The lowest BCUT2D eigenvalue weighted by Crippen LogP contribution is -2.43. The zero-order chi connectivity index (χ0) is 20.2. The van der Waals surface area contributed by atoms with E-state index >= 15 is 0 Å². The van der Waals surface area contributed by atoms with E-state index in [0.717, 1.165) is 24.0 Å². The number of carbonyl (C=O) groups is 2. The first kappa shape index (κ1) is 19.3. The zero-order valence-corrected chi connectivity index (χ0v) is 16.6. The summed E-state index contributed by atoms with van der Waals surface area (Å²) >= 11 is 1.42. The number of thiophene rings is 1. The van der Waals surface area contributed by atoms with Crippen LogP contribution < -0.4 is 5.32 Å². The van der Waals surface area contributed by atoms with Gasteiger partial charge in [-0.1, -0.05) is 30.3 Å². The molecule has 2 amide bonds. The van der Waals surface area contributed by atoms with Gasteiger partial charge in [0, 0.05) is 18.8 Å². The van der Waals surface area contributed by atoms with Crippen LogP contribution in [0.3, 0.4) is 0 Å². The molecular formula is C23H21FN2O2S. The molecule has 148 valence electrons. The van der Waals surface area contributed by atoms with Crippen molar-refractivity contribution in [3.63, 3.8) is 0 Å². The van der Waals surface area contributed by atoms with Crippen molar-refractivity contribution < 1.29 is 14.0 Å². The number of nitrogens with zero attached hydrogens (tertiary/aromatic N) is 1. The summed E-state index contributed by atoms with van der Waals surface area (Å²) in [4.78, 5) is 27.8. The van der Waals surface area contributed by atoms with Crippen LogP contribution in [0.15, 0.2) is 66.0 Å². The highest BCUT2D eigenvalue weighted by atomic mass is 32.1. The summed E-state index contributed by atoms with van der Waals surface area (Å²) in [5.74, 6) is -0.585. The van der Waals surface area contributed by atoms with Gasteiger partial charge in [-0.15, -0.1) is 11.3 Å². The highest BCUT2D eigenvalue weighted by Crippen LogP contribution is 2.24. The Morgan fingerprint density at radius 3 is 2.59 bits per heavy atom. The van der Waals surface area contributed by atoms with E-state index in [9.17, 15) is 14.0 Å². The molecule has 1 fully saturated rings. The quantitative estimate of drug-likeness (QED) is 0.657. The van der Waals surface area contributed by atoms with E-state index in [1.54, 1.807) is 11.0 Å². The summed E-state index contributed by atoms with van der Waals surface area (Å²) in [7, 11) is 0. The van der Waals surface area contributed by atoms with Gasteiger partial charge < -0.3 is 10.2 Å². The number of hydrogen-bond acceptors (Lipinski definition) is 3. The molecule has 0 radical (unpaired) electrons. The van der Waals surface area contributed by atoms with Crippen LogP contribution >= 0.6 is 11.3 Å². The van der Waals surface area contributed by atoms with Gasteiger partial charge in [0.1, 0.15) is 5.82 Å². The Balaban J connectivity index is 1.39. The molecular weight excluding hydrogens is 387 g/mol. The first-order valence-corrected chi connectivity index (χ1v) is 10.5. The molecule has 0 saturated carbocycles. The number of likely N-dealkylation sites (tertiary alicyclic amines) is 1. The number of benzene rings is 2. The molecule has 0 aliphatic carbocycles. The average molecular weight is 408 g/mol. The molecule has 2 heterocycles. The van der Waals surface area contributed by atoms with Crippen molar-refractivity contribution in [2.45, 2.75) is 12.8 Å². The number of nitrogens with one attached hydrogen (secondary N) is 1. The molecule has 1 atom stereocenters. The topological polar surface area (TPSA) is 49.4 Å². The third-order valence-corrected chi connectivity index (χ3v) is 5.98. The minimum Gasteiger partial charge on any atom is -0.337 e. The molecule has 1 aromatic heterocycles. The first-order chi connectivity index (χ1) is 14.1. The molecule has 4 nitrogen and oxygen atoms in total. The maximum atomic E-state index is 13.4. The fourth-order valence-electron chi connectivity index (χ4n) is 3.59. The molecule has 6 heteroatoms. The van der Waals surface area contributed by atoms with Crippen LogP contribution in [0.2, 0.25) is 0 Å². The first-order valence-electron chi connectivity index (χ1n) is 9.60. The number of piperidine rings is 1. The molecule has 29 heavy (non-hydrogen) atoms. The largest absolute Gasteiger partial charge is 0.337 e. The van der Waals surface area contributed by atoms with E-state index in [4.69, 9.17) is 0 Å². The van der Waals surface area contributed by atoms with E-state index in [0.29, 0.717) is 23.7 Å². The molecule has 1 N–H and O–H groups in total. The minimum atomic E-state index is -0.279. The van der Waals surface area contributed by atoms with Crippen molar-refractivity contribution in [3.8, 4) is 11.1 Å². The summed E-state index contributed by atoms with van der Waals surface area (Å²) in [6, 6.07) is 17.4. The van der Waals surface area contributed by atoms with E-state index in [-0.39, 0.29) is 23.5 Å². The molecule has 0 spiro atoms. The lowest BCUT2D eigenvalue weighted by atomic mass is 9.96. The van der Waals surface area contributed by atoms with Gasteiger partial charge >= 0.3 is 0 Å². The standard InChI is InChI=1S/C23H21FN2O2S/c24-19-6-1-4-17(14-19)16-8-10-20(11-9-16)25-22(27)18-5-2-12-26(15-18)23(28)21-7-3-13-29-21/h1,3-4,6-11,13-14,18H,2,5,12,15H2,(H,25,27). The highest BCUT2D eigenvalue weighted by Gasteiger charge is 2.29. The van der Waals surface area contributed by atoms with E-state index in [2.05, 4.69) is 5.32 Å². The van der Waals surface area contributed by atoms with E-state index in [1.165, 1.54) is 23.5 Å².